The van der Waals surface area contributed by atoms with Gasteiger partial charge in [-0.25, -0.2) is 0 Å². The van der Waals surface area contributed by atoms with Crippen LogP contribution < -0.4 is 15.0 Å². The molecular weight excluding hydrogens is 392 g/mol. The van der Waals surface area contributed by atoms with Crippen molar-refractivity contribution in [3.63, 3.8) is 0 Å². The minimum absolute atomic E-state index is 0.0538. The first-order chi connectivity index (χ1) is 14.7. The quantitative estimate of drug-likeness (QED) is 0.578. The van der Waals surface area contributed by atoms with Crippen molar-refractivity contribution in [2.24, 2.45) is 0 Å². The smallest absolute Gasteiger partial charge is 0.251 e. The van der Waals surface area contributed by atoms with Crippen LogP contribution in [0.2, 0.25) is 0 Å². The molecule has 1 aliphatic rings. The molecular formula is C25H26N2O2S. The third kappa shape index (κ3) is 4.97. The van der Waals surface area contributed by atoms with Gasteiger partial charge in [0.25, 0.3) is 5.91 Å². The molecule has 1 aliphatic heterocycles. The Bertz CT molecular complexity index is 990. The number of amides is 1. The molecule has 154 valence electrons. The molecule has 0 bridgehead atoms. The summed E-state index contributed by atoms with van der Waals surface area (Å²) in [5.74, 6) is 1.85. The number of nitrogens with one attached hydrogen (secondary N) is 1. The lowest BCUT2D eigenvalue weighted by Crippen LogP contribution is -2.29. The summed E-state index contributed by atoms with van der Waals surface area (Å²) >= 11 is 1.85. The molecule has 1 amide bonds. The summed E-state index contributed by atoms with van der Waals surface area (Å²) in [6, 6.07) is 24.3. The van der Waals surface area contributed by atoms with Crippen LogP contribution in [0, 0.1) is 0 Å². The number of fused-ring (bicyclic) bond motifs is 1. The van der Waals surface area contributed by atoms with E-state index in [0.717, 1.165) is 35.8 Å². The van der Waals surface area contributed by atoms with Gasteiger partial charge in [-0.3, -0.25) is 4.79 Å². The van der Waals surface area contributed by atoms with Crippen molar-refractivity contribution in [3.8, 4) is 5.75 Å². The lowest BCUT2D eigenvalue weighted by molar-refractivity contribution is 0.0951. The Balaban J connectivity index is 1.44. The number of benzene rings is 3. The summed E-state index contributed by atoms with van der Waals surface area (Å²) < 4.78 is 5.47. The number of hydrogen-bond acceptors (Lipinski definition) is 4. The van der Waals surface area contributed by atoms with Gasteiger partial charge >= 0.3 is 0 Å². The van der Waals surface area contributed by atoms with Crippen LogP contribution in [0.4, 0.5) is 5.69 Å². The minimum atomic E-state index is -0.0538. The highest BCUT2D eigenvalue weighted by molar-refractivity contribution is 7.99. The van der Waals surface area contributed by atoms with Crippen LogP contribution in [0.25, 0.3) is 0 Å². The molecule has 0 radical (unpaired) electrons. The second-order valence-electron chi connectivity index (χ2n) is 7.20. The molecule has 0 atom stereocenters. The van der Waals surface area contributed by atoms with Gasteiger partial charge in [-0.1, -0.05) is 42.5 Å². The maximum atomic E-state index is 12.8. The summed E-state index contributed by atoms with van der Waals surface area (Å²) in [5.41, 5.74) is 4.16. The Morgan fingerprint density at radius 1 is 1.03 bits per heavy atom. The zero-order chi connectivity index (χ0) is 20.8. The van der Waals surface area contributed by atoms with Gasteiger partial charge in [0, 0.05) is 35.8 Å². The van der Waals surface area contributed by atoms with E-state index >= 15 is 0 Å². The average molecular weight is 419 g/mol. The third-order valence-electron chi connectivity index (χ3n) is 5.08. The van der Waals surface area contributed by atoms with Crippen LogP contribution in [0.1, 0.15) is 28.4 Å². The molecule has 0 saturated heterocycles. The molecule has 0 fully saturated rings. The van der Waals surface area contributed by atoms with Crippen LogP contribution in [0.3, 0.4) is 0 Å². The van der Waals surface area contributed by atoms with Crippen molar-refractivity contribution in [1.29, 1.82) is 0 Å². The third-order valence-corrected chi connectivity index (χ3v) is 6.13. The molecule has 1 heterocycles. The molecule has 0 unspecified atom stereocenters. The lowest BCUT2D eigenvalue weighted by atomic mass is 10.1. The molecule has 4 rings (SSSR count). The Morgan fingerprint density at radius 3 is 2.60 bits per heavy atom. The van der Waals surface area contributed by atoms with Gasteiger partial charge < -0.3 is 15.0 Å². The van der Waals surface area contributed by atoms with E-state index < -0.39 is 0 Å². The normalized spacial score (nSPS) is 12.9. The van der Waals surface area contributed by atoms with E-state index in [4.69, 9.17) is 4.74 Å². The van der Waals surface area contributed by atoms with Crippen molar-refractivity contribution in [2.45, 2.75) is 24.9 Å². The fourth-order valence-electron chi connectivity index (χ4n) is 3.54. The maximum absolute atomic E-state index is 12.8. The van der Waals surface area contributed by atoms with E-state index in [1.807, 2.05) is 61.2 Å². The van der Waals surface area contributed by atoms with E-state index in [0.29, 0.717) is 18.7 Å². The Labute approximate surface area is 182 Å². The Kier molecular flexibility index (Phi) is 6.60. The zero-order valence-electron chi connectivity index (χ0n) is 17.1. The van der Waals surface area contributed by atoms with Gasteiger partial charge in [-0.05, 0) is 48.4 Å². The molecule has 0 spiro atoms. The maximum Gasteiger partial charge on any atom is 0.251 e. The largest absolute Gasteiger partial charge is 0.494 e. The summed E-state index contributed by atoms with van der Waals surface area (Å²) in [6.07, 6.45) is 0. The highest BCUT2D eigenvalue weighted by Crippen LogP contribution is 2.36. The molecule has 30 heavy (non-hydrogen) atoms. The number of anilines is 1. The molecule has 0 aromatic heterocycles. The van der Waals surface area contributed by atoms with Crippen molar-refractivity contribution in [2.75, 3.05) is 23.8 Å². The first-order valence-electron chi connectivity index (χ1n) is 10.3. The van der Waals surface area contributed by atoms with Gasteiger partial charge in [-0.2, -0.15) is 0 Å². The van der Waals surface area contributed by atoms with Crippen molar-refractivity contribution < 1.29 is 9.53 Å². The van der Waals surface area contributed by atoms with Gasteiger partial charge in [0.1, 0.15) is 5.75 Å². The molecule has 3 aromatic rings. The SMILES string of the molecule is CCOc1ccc(CNC(=O)c2ccc3c(c2)N(Cc2ccccc2)CCS3)cc1. The number of ether oxygens (including phenoxy) is 1. The van der Waals surface area contributed by atoms with Crippen LogP contribution in [0.15, 0.2) is 77.7 Å². The minimum Gasteiger partial charge on any atom is -0.494 e. The number of hydrogen-bond donors (Lipinski definition) is 1. The van der Waals surface area contributed by atoms with Crippen LogP contribution >= 0.6 is 11.8 Å². The predicted molar refractivity (Wildman–Crippen MR) is 123 cm³/mol. The molecule has 1 N–H and O–H groups in total. The number of rotatable bonds is 7. The summed E-state index contributed by atoms with van der Waals surface area (Å²) in [5, 5.41) is 3.03. The first-order valence-corrected chi connectivity index (χ1v) is 11.3. The van der Waals surface area contributed by atoms with Gasteiger partial charge in [0.2, 0.25) is 0 Å². The zero-order valence-corrected chi connectivity index (χ0v) is 18.0. The van der Waals surface area contributed by atoms with E-state index in [9.17, 15) is 4.79 Å². The van der Waals surface area contributed by atoms with Gasteiger partial charge in [-0.15, -0.1) is 11.8 Å². The molecule has 4 nitrogen and oxygen atoms in total. The highest BCUT2D eigenvalue weighted by Gasteiger charge is 2.19. The topological polar surface area (TPSA) is 41.6 Å². The Morgan fingerprint density at radius 2 is 1.83 bits per heavy atom. The van der Waals surface area contributed by atoms with Gasteiger partial charge in [0.15, 0.2) is 0 Å². The number of thioether (sulfide) groups is 1. The summed E-state index contributed by atoms with van der Waals surface area (Å²) in [6.45, 7) is 4.93. The molecule has 5 heteroatoms. The summed E-state index contributed by atoms with van der Waals surface area (Å²) in [4.78, 5) is 16.4. The van der Waals surface area contributed by atoms with Crippen LogP contribution in [-0.2, 0) is 13.1 Å². The van der Waals surface area contributed by atoms with E-state index in [-0.39, 0.29) is 5.91 Å². The second-order valence-corrected chi connectivity index (χ2v) is 8.33. The fourth-order valence-corrected chi connectivity index (χ4v) is 4.57. The van der Waals surface area contributed by atoms with Crippen molar-refractivity contribution >= 4 is 23.4 Å². The van der Waals surface area contributed by atoms with Crippen molar-refractivity contribution in [1.82, 2.24) is 5.32 Å². The Hall–Kier alpha value is -2.92. The number of carbonyl (C=O) groups is 1. The van der Waals surface area contributed by atoms with Crippen LogP contribution in [-0.4, -0.2) is 24.8 Å². The fraction of sp³-hybridized carbons (Fsp3) is 0.240. The average Bonchev–Trinajstić information content (AvgIpc) is 2.79. The highest BCUT2D eigenvalue weighted by atomic mass is 32.2. The summed E-state index contributed by atoms with van der Waals surface area (Å²) in [7, 11) is 0. The van der Waals surface area contributed by atoms with Crippen molar-refractivity contribution in [3.05, 3.63) is 89.5 Å². The monoisotopic (exact) mass is 418 g/mol. The molecule has 0 saturated carbocycles. The number of carbonyl (C=O) groups excluding carboxylic acids is 1. The van der Waals surface area contributed by atoms with E-state index in [2.05, 4.69) is 40.5 Å². The molecule has 0 aliphatic carbocycles. The lowest BCUT2D eigenvalue weighted by Gasteiger charge is -2.31. The van der Waals surface area contributed by atoms with Gasteiger partial charge in [0.05, 0.1) is 12.3 Å². The molecule has 3 aromatic carbocycles. The number of nitrogens with zero attached hydrogens (tertiary/aromatic N) is 1. The van der Waals surface area contributed by atoms with E-state index in [1.165, 1.54) is 10.5 Å². The van der Waals surface area contributed by atoms with Crippen LogP contribution in [0.5, 0.6) is 5.75 Å². The van der Waals surface area contributed by atoms with E-state index in [1.54, 1.807) is 0 Å². The second kappa shape index (κ2) is 9.72. The standard InChI is InChI=1S/C25H26N2O2S/c1-2-29-22-11-8-19(9-12-22)17-26-25(28)21-10-13-24-23(16-21)27(14-15-30-24)18-20-6-4-3-5-7-20/h3-13,16H,2,14-15,17-18H2,1H3,(H,26,28). The predicted octanol–water partition coefficient (Wildman–Crippen LogP) is 5.13. The first kappa shape index (κ1) is 20.4.